The molecule has 4 nitrogen and oxygen atoms in total. The summed E-state index contributed by atoms with van der Waals surface area (Å²) in [5, 5.41) is 3.78. The fraction of sp³-hybridized carbons (Fsp3) is 0.300. The third-order valence-electron chi connectivity index (χ3n) is 4.59. The van der Waals surface area contributed by atoms with Gasteiger partial charge in [0.15, 0.2) is 12.4 Å². The van der Waals surface area contributed by atoms with Crippen molar-refractivity contribution in [3.8, 4) is 5.75 Å². The van der Waals surface area contributed by atoms with Crippen LogP contribution in [0.5, 0.6) is 5.75 Å². The highest BCUT2D eigenvalue weighted by atomic mass is 35.5. The lowest BCUT2D eigenvalue weighted by molar-refractivity contribution is -0.126. The monoisotopic (exact) mass is 357 g/mol. The van der Waals surface area contributed by atoms with E-state index >= 15 is 0 Å². The summed E-state index contributed by atoms with van der Waals surface area (Å²) >= 11 is 5.95. The molecule has 130 valence electrons. The fourth-order valence-corrected chi connectivity index (χ4v) is 3.17. The summed E-state index contributed by atoms with van der Waals surface area (Å²) in [4.78, 5) is 23.8. The second-order valence-corrected chi connectivity index (χ2v) is 6.80. The third kappa shape index (κ3) is 4.02. The highest BCUT2D eigenvalue weighted by Crippen LogP contribution is 2.41. The van der Waals surface area contributed by atoms with E-state index in [1.54, 1.807) is 24.3 Å². The first-order valence-electron chi connectivity index (χ1n) is 8.29. The summed E-state index contributed by atoms with van der Waals surface area (Å²) in [7, 11) is 0. The molecule has 0 heterocycles. The molecule has 1 aliphatic carbocycles. The molecule has 0 atom stereocenters. The van der Waals surface area contributed by atoms with Gasteiger partial charge in [-0.15, -0.1) is 0 Å². The first-order chi connectivity index (χ1) is 12.0. The minimum atomic E-state index is -0.327. The van der Waals surface area contributed by atoms with Gasteiger partial charge < -0.3 is 10.1 Å². The molecule has 0 aromatic heterocycles. The van der Waals surface area contributed by atoms with Crippen LogP contribution in [0.25, 0.3) is 0 Å². The number of benzene rings is 2. The van der Waals surface area contributed by atoms with Crippen LogP contribution in [0.4, 0.5) is 0 Å². The molecule has 1 amide bonds. The zero-order valence-electron chi connectivity index (χ0n) is 14.0. The summed E-state index contributed by atoms with van der Waals surface area (Å²) in [6.45, 7) is 1.41. The number of carbonyl (C=O) groups excluding carboxylic acids is 2. The molecule has 1 aliphatic rings. The minimum Gasteiger partial charge on any atom is -0.484 e. The van der Waals surface area contributed by atoms with Gasteiger partial charge in [-0.2, -0.15) is 0 Å². The van der Waals surface area contributed by atoms with E-state index in [9.17, 15) is 9.59 Å². The lowest BCUT2D eigenvalue weighted by Gasteiger charge is -2.43. The Hall–Kier alpha value is -2.33. The molecule has 0 saturated heterocycles. The number of ether oxygens (including phenoxy) is 1. The van der Waals surface area contributed by atoms with E-state index in [2.05, 4.69) is 5.32 Å². The van der Waals surface area contributed by atoms with Gasteiger partial charge >= 0.3 is 0 Å². The second kappa shape index (κ2) is 7.28. The summed E-state index contributed by atoms with van der Waals surface area (Å²) < 4.78 is 5.54. The maximum atomic E-state index is 12.4. The number of nitrogens with one attached hydrogen (secondary N) is 1. The molecule has 1 fully saturated rings. The molecule has 0 radical (unpaired) electrons. The van der Waals surface area contributed by atoms with Crippen molar-refractivity contribution in [1.29, 1.82) is 0 Å². The largest absolute Gasteiger partial charge is 0.484 e. The van der Waals surface area contributed by atoms with Crippen LogP contribution in [0.15, 0.2) is 48.5 Å². The van der Waals surface area contributed by atoms with Crippen molar-refractivity contribution < 1.29 is 14.3 Å². The van der Waals surface area contributed by atoms with E-state index in [1.807, 2.05) is 24.3 Å². The minimum absolute atomic E-state index is 0.0361. The SMILES string of the molecule is CC(=O)c1cccc(OCC(=O)NC2(c3ccc(Cl)cc3)CCC2)c1. The molecule has 5 heteroatoms. The fourth-order valence-electron chi connectivity index (χ4n) is 3.04. The maximum Gasteiger partial charge on any atom is 0.258 e. The van der Waals surface area contributed by atoms with Gasteiger partial charge in [0.1, 0.15) is 5.75 Å². The number of Topliss-reactive ketones (excluding diaryl/α,β-unsaturated/α-hetero) is 1. The Bertz CT molecular complexity index is 782. The van der Waals surface area contributed by atoms with Crippen molar-refractivity contribution in [2.45, 2.75) is 31.7 Å². The van der Waals surface area contributed by atoms with E-state index in [4.69, 9.17) is 16.3 Å². The van der Waals surface area contributed by atoms with Gasteiger partial charge in [0.2, 0.25) is 0 Å². The Morgan fingerprint density at radius 1 is 1.16 bits per heavy atom. The highest BCUT2D eigenvalue weighted by molar-refractivity contribution is 6.30. The zero-order chi connectivity index (χ0) is 17.9. The molecule has 2 aromatic carbocycles. The number of hydrogen-bond donors (Lipinski definition) is 1. The lowest BCUT2D eigenvalue weighted by atomic mass is 9.72. The van der Waals surface area contributed by atoms with Crippen LogP contribution >= 0.6 is 11.6 Å². The molecule has 2 aromatic rings. The first kappa shape index (κ1) is 17.5. The molecule has 0 aliphatic heterocycles. The summed E-state index contributed by atoms with van der Waals surface area (Å²) in [6, 6.07) is 14.4. The van der Waals surface area contributed by atoms with Crippen molar-refractivity contribution in [3.63, 3.8) is 0 Å². The number of ketones is 1. The summed E-state index contributed by atoms with van der Waals surface area (Å²) in [5.74, 6) is 0.297. The van der Waals surface area contributed by atoms with Crippen LogP contribution < -0.4 is 10.1 Å². The molecule has 1 saturated carbocycles. The van der Waals surface area contributed by atoms with Crippen LogP contribution in [0.1, 0.15) is 42.1 Å². The van der Waals surface area contributed by atoms with E-state index < -0.39 is 0 Å². The summed E-state index contributed by atoms with van der Waals surface area (Å²) in [6.07, 6.45) is 2.88. The van der Waals surface area contributed by atoms with Crippen LogP contribution in [0, 0.1) is 0 Å². The van der Waals surface area contributed by atoms with Crippen LogP contribution in [0.2, 0.25) is 5.02 Å². The van der Waals surface area contributed by atoms with E-state index in [-0.39, 0.29) is 23.8 Å². The number of rotatable bonds is 6. The average Bonchev–Trinajstić information content (AvgIpc) is 2.57. The number of amides is 1. The molecular formula is C20H20ClNO3. The van der Waals surface area contributed by atoms with Gasteiger partial charge in [0.25, 0.3) is 5.91 Å². The van der Waals surface area contributed by atoms with Gasteiger partial charge in [-0.3, -0.25) is 9.59 Å². The molecule has 25 heavy (non-hydrogen) atoms. The predicted molar refractivity (Wildman–Crippen MR) is 97.1 cm³/mol. The quantitative estimate of drug-likeness (QED) is 0.791. The normalized spacial score (nSPS) is 15.1. The Morgan fingerprint density at radius 2 is 1.88 bits per heavy atom. The molecule has 0 spiro atoms. The third-order valence-corrected chi connectivity index (χ3v) is 4.85. The first-order valence-corrected chi connectivity index (χ1v) is 8.67. The average molecular weight is 358 g/mol. The Labute approximate surface area is 152 Å². The number of hydrogen-bond acceptors (Lipinski definition) is 3. The molecular weight excluding hydrogens is 338 g/mol. The zero-order valence-corrected chi connectivity index (χ0v) is 14.8. The number of carbonyl (C=O) groups is 2. The van der Waals surface area contributed by atoms with Gasteiger partial charge in [-0.1, -0.05) is 35.9 Å². The van der Waals surface area contributed by atoms with Crippen LogP contribution in [0.3, 0.4) is 0 Å². The van der Waals surface area contributed by atoms with Gasteiger partial charge in [-0.05, 0) is 56.0 Å². The Kier molecular flexibility index (Phi) is 5.09. The van der Waals surface area contributed by atoms with Crippen molar-refractivity contribution in [2.24, 2.45) is 0 Å². The van der Waals surface area contributed by atoms with Crippen molar-refractivity contribution in [3.05, 3.63) is 64.7 Å². The standard InChI is InChI=1S/C20H20ClNO3/c1-14(23)15-4-2-5-18(12-15)25-13-19(24)22-20(10-3-11-20)16-6-8-17(21)9-7-16/h2,4-9,12H,3,10-11,13H2,1H3,(H,22,24). The van der Waals surface area contributed by atoms with Crippen LogP contribution in [-0.2, 0) is 10.3 Å². The van der Waals surface area contributed by atoms with Crippen molar-refractivity contribution in [2.75, 3.05) is 6.61 Å². The predicted octanol–water partition coefficient (Wildman–Crippen LogP) is 4.12. The van der Waals surface area contributed by atoms with E-state index in [0.29, 0.717) is 16.3 Å². The summed E-state index contributed by atoms with van der Waals surface area (Å²) in [5.41, 5.74) is 1.30. The molecule has 0 bridgehead atoms. The Balaban J connectivity index is 1.62. The smallest absolute Gasteiger partial charge is 0.258 e. The Morgan fingerprint density at radius 3 is 2.48 bits per heavy atom. The van der Waals surface area contributed by atoms with Crippen LogP contribution in [-0.4, -0.2) is 18.3 Å². The van der Waals surface area contributed by atoms with Crippen molar-refractivity contribution >= 4 is 23.3 Å². The lowest BCUT2D eigenvalue weighted by Crippen LogP contribution is -2.52. The number of halogens is 1. The van der Waals surface area contributed by atoms with Crippen molar-refractivity contribution in [1.82, 2.24) is 5.32 Å². The van der Waals surface area contributed by atoms with E-state index in [1.165, 1.54) is 6.92 Å². The van der Waals surface area contributed by atoms with Gasteiger partial charge in [-0.25, -0.2) is 0 Å². The highest BCUT2D eigenvalue weighted by Gasteiger charge is 2.39. The van der Waals surface area contributed by atoms with E-state index in [0.717, 1.165) is 24.8 Å². The second-order valence-electron chi connectivity index (χ2n) is 6.36. The maximum absolute atomic E-state index is 12.4. The molecule has 3 rings (SSSR count). The van der Waals surface area contributed by atoms with Gasteiger partial charge in [0.05, 0.1) is 5.54 Å². The molecule has 1 N–H and O–H groups in total. The molecule has 0 unspecified atom stereocenters. The topological polar surface area (TPSA) is 55.4 Å². The van der Waals surface area contributed by atoms with Gasteiger partial charge in [0, 0.05) is 10.6 Å².